The van der Waals surface area contributed by atoms with Crippen LogP contribution in [0.3, 0.4) is 0 Å². The summed E-state index contributed by atoms with van der Waals surface area (Å²) in [6.07, 6.45) is 6.08. The maximum absolute atomic E-state index is 5.66. The van der Waals surface area contributed by atoms with Crippen LogP contribution in [0.25, 0.3) is 0 Å². The van der Waals surface area contributed by atoms with Crippen molar-refractivity contribution in [2.75, 3.05) is 0 Å². The van der Waals surface area contributed by atoms with E-state index in [1.807, 2.05) is 0 Å². The van der Waals surface area contributed by atoms with Gasteiger partial charge in [-0.1, -0.05) is 6.92 Å². The highest BCUT2D eigenvalue weighted by atomic mass is 16.3. The van der Waals surface area contributed by atoms with E-state index in [2.05, 4.69) is 13.0 Å². The molecule has 2 rings (SSSR count). The SMILES string of the molecule is CCc1cc2c(o1)CCCC2. The molecule has 0 aromatic carbocycles. The summed E-state index contributed by atoms with van der Waals surface area (Å²) < 4.78 is 5.66. The second kappa shape index (κ2) is 2.72. The van der Waals surface area contributed by atoms with Gasteiger partial charge in [-0.25, -0.2) is 0 Å². The molecule has 1 aromatic heterocycles. The smallest absolute Gasteiger partial charge is 0.107 e. The van der Waals surface area contributed by atoms with Crippen LogP contribution >= 0.6 is 0 Å². The first kappa shape index (κ1) is 6.96. The normalized spacial score (nSPS) is 16.5. The Kier molecular flexibility index (Phi) is 1.72. The molecule has 1 aliphatic rings. The first-order valence-electron chi connectivity index (χ1n) is 4.50. The number of hydrogen-bond acceptors (Lipinski definition) is 1. The lowest BCUT2D eigenvalue weighted by Crippen LogP contribution is -1.97. The van der Waals surface area contributed by atoms with Crippen molar-refractivity contribution in [3.8, 4) is 0 Å². The van der Waals surface area contributed by atoms with E-state index in [-0.39, 0.29) is 0 Å². The van der Waals surface area contributed by atoms with Crippen LogP contribution in [0.4, 0.5) is 0 Å². The Bertz CT molecular complexity index is 224. The van der Waals surface area contributed by atoms with Gasteiger partial charge in [-0.15, -0.1) is 0 Å². The molecule has 1 heteroatoms. The molecule has 1 heterocycles. The number of fused-ring (bicyclic) bond motifs is 1. The quantitative estimate of drug-likeness (QED) is 0.600. The van der Waals surface area contributed by atoms with E-state index in [0.29, 0.717) is 0 Å². The lowest BCUT2D eigenvalue weighted by molar-refractivity contribution is 0.447. The van der Waals surface area contributed by atoms with Crippen LogP contribution < -0.4 is 0 Å². The number of rotatable bonds is 1. The van der Waals surface area contributed by atoms with E-state index in [1.165, 1.54) is 30.6 Å². The summed E-state index contributed by atoms with van der Waals surface area (Å²) in [7, 11) is 0. The molecule has 0 fully saturated rings. The van der Waals surface area contributed by atoms with Crippen molar-refractivity contribution >= 4 is 0 Å². The van der Waals surface area contributed by atoms with E-state index in [0.717, 1.165) is 18.6 Å². The van der Waals surface area contributed by atoms with Crippen molar-refractivity contribution in [2.45, 2.75) is 39.0 Å². The van der Waals surface area contributed by atoms with Crippen molar-refractivity contribution in [3.05, 3.63) is 23.2 Å². The van der Waals surface area contributed by atoms with Gasteiger partial charge in [0.25, 0.3) is 0 Å². The standard InChI is InChI=1S/C10H14O/c1-2-9-7-8-5-3-4-6-10(8)11-9/h7H,2-6H2,1H3. The average molecular weight is 150 g/mol. The maximum Gasteiger partial charge on any atom is 0.107 e. The Morgan fingerprint density at radius 2 is 2.18 bits per heavy atom. The molecule has 1 aromatic rings. The summed E-state index contributed by atoms with van der Waals surface area (Å²) in [5.41, 5.74) is 1.47. The minimum atomic E-state index is 1.03. The van der Waals surface area contributed by atoms with Crippen LogP contribution in [-0.2, 0) is 19.3 Å². The zero-order chi connectivity index (χ0) is 7.68. The molecule has 0 bridgehead atoms. The zero-order valence-electron chi connectivity index (χ0n) is 7.02. The number of aryl methyl sites for hydroxylation is 3. The van der Waals surface area contributed by atoms with Gasteiger partial charge in [0.2, 0.25) is 0 Å². The van der Waals surface area contributed by atoms with Gasteiger partial charge in [0.1, 0.15) is 11.5 Å². The Labute approximate surface area is 67.4 Å². The summed E-state index contributed by atoms with van der Waals surface area (Å²) in [6, 6.07) is 2.23. The third-order valence-electron chi connectivity index (χ3n) is 2.40. The van der Waals surface area contributed by atoms with Crippen LogP contribution in [0, 0.1) is 0 Å². The monoisotopic (exact) mass is 150 g/mol. The maximum atomic E-state index is 5.66. The molecule has 0 saturated carbocycles. The van der Waals surface area contributed by atoms with Gasteiger partial charge in [0, 0.05) is 12.8 Å². The van der Waals surface area contributed by atoms with Crippen molar-refractivity contribution < 1.29 is 4.42 Å². The van der Waals surface area contributed by atoms with Crippen LogP contribution in [0.1, 0.15) is 36.8 Å². The fourth-order valence-corrected chi connectivity index (χ4v) is 1.73. The molecule has 0 spiro atoms. The minimum Gasteiger partial charge on any atom is -0.466 e. The van der Waals surface area contributed by atoms with Crippen LogP contribution in [0.15, 0.2) is 10.5 Å². The summed E-state index contributed by atoms with van der Waals surface area (Å²) in [6.45, 7) is 2.14. The highest BCUT2D eigenvalue weighted by Crippen LogP contribution is 2.24. The highest BCUT2D eigenvalue weighted by Gasteiger charge is 2.13. The van der Waals surface area contributed by atoms with E-state index < -0.39 is 0 Å². The molecule has 0 N–H and O–H groups in total. The summed E-state index contributed by atoms with van der Waals surface area (Å²) >= 11 is 0. The third kappa shape index (κ3) is 1.20. The Balaban J connectivity index is 2.32. The van der Waals surface area contributed by atoms with Gasteiger partial charge >= 0.3 is 0 Å². The summed E-state index contributed by atoms with van der Waals surface area (Å²) in [5, 5.41) is 0. The molecular weight excluding hydrogens is 136 g/mol. The molecule has 1 nitrogen and oxygen atoms in total. The van der Waals surface area contributed by atoms with Crippen LogP contribution in [-0.4, -0.2) is 0 Å². The van der Waals surface area contributed by atoms with Crippen molar-refractivity contribution in [3.63, 3.8) is 0 Å². The topological polar surface area (TPSA) is 13.1 Å². The van der Waals surface area contributed by atoms with Gasteiger partial charge in [0.05, 0.1) is 0 Å². The molecular formula is C10H14O. The molecule has 0 saturated heterocycles. The van der Waals surface area contributed by atoms with Crippen molar-refractivity contribution in [1.29, 1.82) is 0 Å². The van der Waals surface area contributed by atoms with E-state index in [4.69, 9.17) is 4.42 Å². The summed E-state index contributed by atoms with van der Waals surface area (Å²) in [4.78, 5) is 0. The van der Waals surface area contributed by atoms with Gasteiger partial charge in [0.15, 0.2) is 0 Å². The molecule has 0 amide bonds. The first-order valence-corrected chi connectivity index (χ1v) is 4.50. The lowest BCUT2D eigenvalue weighted by Gasteiger charge is -2.07. The molecule has 11 heavy (non-hydrogen) atoms. The first-order chi connectivity index (χ1) is 5.40. The number of furan rings is 1. The zero-order valence-corrected chi connectivity index (χ0v) is 7.02. The minimum absolute atomic E-state index is 1.03. The average Bonchev–Trinajstić information content (AvgIpc) is 2.46. The second-order valence-corrected chi connectivity index (χ2v) is 3.22. The van der Waals surface area contributed by atoms with E-state index in [1.54, 1.807) is 0 Å². The van der Waals surface area contributed by atoms with Crippen molar-refractivity contribution in [1.82, 2.24) is 0 Å². The van der Waals surface area contributed by atoms with Crippen LogP contribution in [0.5, 0.6) is 0 Å². The van der Waals surface area contributed by atoms with Gasteiger partial charge in [-0.3, -0.25) is 0 Å². The molecule has 60 valence electrons. The largest absolute Gasteiger partial charge is 0.466 e. The fourth-order valence-electron chi connectivity index (χ4n) is 1.73. The molecule has 0 atom stereocenters. The fraction of sp³-hybridized carbons (Fsp3) is 0.600. The Morgan fingerprint density at radius 1 is 1.36 bits per heavy atom. The van der Waals surface area contributed by atoms with Gasteiger partial charge < -0.3 is 4.42 Å². The number of hydrogen-bond donors (Lipinski definition) is 0. The lowest BCUT2D eigenvalue weighted by atomic mass is 9.99. The Morgan fingerprint density at radius 3 is 2.91 bits per heavy atom. The summed E-state index contributed by atoms with van der Waals surface area (Å²) in [5.74, 6) is 2.42. The molecule has 0 radical (unpaired) electrons. The predicted molar refractivity (Wildman–Crippen MR) is 44.7 cm³/mol. The molecule has 0 aliphatic heterocycles. The van der Waals surface area contributed by atoms with Crippen LogP contribution in [0.2, 0.25) is 0 Å². The predicted octanol–water partition coefficient (Wildman–Crippen LogP) is 2.72. The van der Waals surface area contributed by atoms with Gasteiger partial charge in [-0.2, -0.15) is 0 Å². The van der Waals surface area contributed by atoms with E-state index in [9.17, 15) is 0 Å². The molecule has 1 aliphatic carbocycles. The van der Waals surface area contributed by atoms with Gasteiger partial charge in [-0.05, 0) is 30.9 Å². The third-order valence-corrected chi connectivity index (χ3v) is 2.40. The second-order valence-electron chi connectivity index (χ2n) is 3.22. The van der Waals surface area contributed by atoms with E-state index >= 15 is 0 Å². The highest BCUT2D eigenvalue weighted by molar-refractivity contribution is 5.23. The Hall–Kier alpha value is -0.720. The van der Waals surface area contributed by atoms with Crippen molar-refractivity contribution in [2.24, 2.45) is 0 Å². The molecule has 0 unspecified atom stereocenters.